The SMILES string of the molecule is CCOC(=O)[C@H]1[C@H]2Cc3ccccc3[C@H]21. The molecule has 78 valence electrons. The molecule has 0 amide bonds. The number of hydrogen-bond donors (Lipinski definition) is 0. The van der Waals surface area contributed by atoms with Crippen LogP contribution in [0.2, 0.25) is 0 Å². The van der Waals surface area contributed by atoms with E-state index in [2.05, 4.69) is 24.3 Å². The van der Waals surface area contributed by atoms with Crippen LogP contribution in [0.25, 0.3) is 0 Å². The standard InChI is InChI=1S/C13H14O2/c1-2-15-13(14)12-10-7-8-5-3-4-6-9(8)11(10)12/h3-6,10-12H,2,7H2,1H3/t10-,11+,12-/m0/s1. The van der Waals surface area contributed by atoms with E-state index in [1.165, 1.54) is 11.1 Å². The van der Waals surface area contributed by atoms with Gasteiger partial charge in [-0.25, -0.2) is 0 Å². The molecule has 0 aliphatic heterocycles. The zero-order valence-corrected chi connectivity index (χ0v) is 8.77. The summed E-state index contributed by atoms with van der Waals surface area (Å²) in [4.78, 5) is 11.6. The zero-order valence-electron chi connectivity index (χ0n) is 8.77. The number of esters is 1. The maximum atomic E-state index is 11.6. The van der Waals surface area contributed by atoms with Gasteiger partial charge in [0.2, 0.25) is 0 Å². The summed E-state index contributed by atoms with van der Waals surface area (Å²) in [6.07, 6.45) is 1.06. The molecule has 2 heteroatoms. The Labute approximate surface area is 89.2 Å². The molecule has 0 unspecified atom stereocenters. The third-order valence-electron chi connectivity index (χ3n) is 3.60. The molecule has 3 rings (SSSR count). The average Bonchev–Trinajstić information content (AvgIpc) is 2.83. The fourth-order valence-electron chi connectivity index (χ4n) is 2.91. The maximum Gasteiger partial charge on any atom is 0.309 e. The molecule has 1 aromatic rings. The molecular weight excluding hydrogens is 188 g/mol. The van der Waals surface area contributed by atoms with Crippen molar-refractivity contribution >= 4 is 5.97 Å². The highest BCUT2D eigenvalue weighted by atomic mass is 16.5. The van der Waals surface area contributed by atoms with Gasteiger partial charge in [0, 0.05) is 5.92 Å². The summed E-state index contributed by atoms with van der Waals surface area (Å²) in [5, 5.41) is 0. The number of fused-ring (bicyclic) bond motifs is 3. The van der Waals surface area contributed by atoms with Crippen LogP contribution in [-0.2, 0) is 16.0 Å². The monoisotopic (exact) mass is 202 g/mol. The number of benzene rings is 1. The lowest BCUT2D eigenvalue weighted by molar-refractivity contribution is -0.145. The van der Waals surface area contributed by atoms with Gasteiger partial charge in [-0.3, -0.25) is 4.79 Å². The topological polar surface area (TPSA) is 26.3 Å². The van der Waals surface area contributed by atoms with Crippen molar-refractivity contribution in [2.45, 2.75) is 19.3 Å². The van der Waals surface area contributed by atoms with E-state index in [-0.39, 0.29) is 11.9 Å². The molecule has 1 saturated carbocycles. The Morgan fingerprint density at radius 2 is 2.27 bits per heavy atom. The van der Waals surface area contributed by atoms with Crippen LogP contribution in [0.5, 0.6) is 0 Å². The third-order valence-corrected chi connectivity index (χ3v) is 3.60. The highest BCUT2D eigenvalue weighted by Gasteiger charge is 2.59. The van der Waals surface area contributed by atoms with E-state index in [4.69, 9.17) is 4.74 Å². The van der Waals surface area contributed by atoms with Crippen molar-refractivity contribution in [2.24, 2.45) is 11.8 Å². The summed E-state index contributed by atoms with van der Waals surface area (Å²) in [6, 6.07) is 8.45. The van der Waals surface area contributed by atoms with E-state index < -0.39 is 0 Å². The van der Waals surface area contributed by atoms with Gasteiger partial charge in [0.1, 0.15) is 0 Å². The lowest BCUT2D eigenvalue weighted by Gasteiger charge is -2.06. The molecule has 0 radical (unpaired) electrons. The van der Waals surface area contributed by atoms with Crippen LogP contribution in [0.3, 0.4) is 0 Å². The minimum absolute atomic E-state index is 0.00185. The lowest BCUT2D eigenvalue weighted by atomic mass is 10.0. The summed E-state index contributed by atoms with van der Waals surface area (Å²) in [6.45, 7) is 2.36. The van der Waals surface area contributed by atoms with Crippen LogP contribution in [-0.4, -0.2) is 12.6 Å². The predicted molar refractivity (Wildman–Crippen MR) is 56.5 cm³/mol. The first kappa shape index (κ1) is 8.96. The highest BCUT2D eigenvalue weighted by molar-refractivity contribution is 5.79. The highest BCUT2D eigenvalue weighted by Crippen LogP contribution is 2.61. The van der Waals surface area contributed by atoms with Crippen molar-refractivity contribution in [3.8, 4) is 0 Å². The second kappa shape index (κ2) is 3.09. The van der Waals surface area contributed by atoms with Crippen LogP contribution < -0.4 is 0 Å². The smallest absolute Gasteiger partial charge is 0.309 e. The fraction of sp³-hybridized carbons (Fsp3) is 0.462. The minimum atomic E-state index is 0.00185. The third kappa shape index (κ3) is 1.21. The largest absolute Gasteiger partial charge is 0.466 e. The Bertz CT molecular complexity index is 411. The Kier molecular flexibility index (Phi) is 1.84. The molecule has 3 atom stereocenters. The molecule has 0 spiro atoms. The summed E-state index contributed by atoms with van der Waals surface area (Å²) in [5.74, 6) is 1.14. The lowest BCUT2D eigenvalue weighted by Crippen LogP contribution is -2.10. The number of rotatable bonds is 2. The quantitative estimate of drug-likeness (QED) is 0.687. The fourth-order valence-corrected chi connectivity index (χ4v) is 2.91. The molecule has 0 N–H and O–H groups in total. The van der Waals surface area contributed by atoms with E-state index >= 15 is 0 Å². The molecule has 2 nitrogen and oxygen atoms in total. The van der Waals surface area contributed by atoms with Crippen molar-refractivity contribution in [1.82, 2.24) is 0 Å². The van der Waals surface area contributed by atoms with Gasteiger partial charge >= 0.3 is 5.97 Å². The Balaban J connectivity index is 1.81. The Morgan fingerprint density at radius 3 is 3.07 bits per heavy atom. The summed E-state index contributed by atoms with van der Waals surface area (Å²) in [5.41, 5.74) is 2.80. The first-order valence-electron chi connectivity index (χ1n) is 5.57. The van der Waals surface area contributed by atoms with Crippen molar-refractivity contribution in [1.29, 1.82) is 0 Å². The van der Waals surface area contributed by atoms with Gasteiger partial charge in [-0.1, -0.05) is 24.3 Å². The molecule has 0 aromatic heterocycles. The van der Waals surface area contributed by atoms with Crippen LogP contribution in [0.15, 0.2) is 24.3 Å². The van der Waals surface area contributed by atoms with Gasteiger partial charge in [0.25, 0.3) is 0 Å². The first-order chi connectivity index (χ1) is 7.33. The maximum absolute atomic E-state index is 11.6. The number of carbonyl (C=O) groups excluding carboxylic acids is 1. The Hall–Kier alpha value is -1.31. The molecule has 2 aliphatic carbocycles. The normalized spacial score (nSPS) is 30.6. The van der Waals surface area contributed by atoms with Crippen molar-refractivity contribution in [3.05, 3.63) is 35.4 Å². The Morgan fingerprint density at radius 1 is 1.47 bits per heavy atom. The van der Waals surface area contributed by atoms with E-state index in [1.54, 1.807) is 0 Å². The van der Waals surface area contributed by atoms with E-state index in [0.717, 1.165) is 6.42 Å². The van der Waals surface area contributed by atoms with Crippen LogP contribution in [0.4, 0.5) is 0 Å². The summed E-state index contributed by atoms with van der Waals surface area (Å²) in [7, 11) is 0. The van der Waals surface area contributed by atoms with Gasteiger partial charge in [-0.2, -0.15) is 0 Å². The van der Waals surface area contributed by atoms with E-state index in [1.807, 2.05) is 6.92 Å². The number of hydrogen-bond acceptors (Lipinski definition) is 2. The van der Waals surface area contributed by atoms with Crippen LogP contribution in [0, 0.1) is 11.8 Å². The summed E-state index contributed by atoms with van der Waals surface area (Å²) >= 11 is 0. The molecular formula is C13H14O2. The molecule has 0 heterocycles. The van der Waals surface area contributed by atoms with E-state index in [0.29, 0.717) is 18.4 Å². The van der Waals surface area contributed by atoms with Crippen LogP contribution in [0.1, 0.15) is 24.0 Å². The first-order valence-corrected chi connectivity index (χ1v) is 5.57. The van der Waals surface area contributed by atoms with Gasteiger partial charge in [0.05, 0.1) is 12.5 Å². The molecule has 2 aliphatic rings. The number of ether oxygens (including phenoxy) is 1. The van der Waals surface area contributed by atoms with Crippen molar-refractivity contribution in [2.75, 3.05) is 6.61 Å². The molecule has 1 aromatic carbocycles. The van der Waals surface area contributed by atoms with Gasteiger partial charge < -0.3 is 4.74 Å². The number of carbonyl (C=O) groups is 1. The van der Waals surface area contributed by atoms with Gasteiger partial charge in [-0.05, 0) is 30.4 Å². The molecule has 0 bridgehead atoms. The molecule has 1 fully saturated rings. The second-order valence-electron chi connectivity index (χ2n) is 4.37. The van der Waals surface area contributed by atoms with Crippen LogP contribution >= 0.6 is 0 Å². The van der Waals surface area contributed by atoms with Gasteiger partial charge in [0.15, 0.2) is 0 Å². The zero-order chi connectivity index (χ0) is 10.4. The molecule has 0 saturated heterocycles. The van der Waals surface area contributed by atoms with Gasteiger partial charge in [-0.15, -0.1) is 0 Å². The predicted octanol–water partition coefficient (Wildman–Crippen LogP) is 2.14. The second-order valence-corrected chi connectivity index (χ2v) is 4.37. The molecule has 15 heavy (non-hydrogen) atoms. The van der Waals surface area contributed by atoms with E-state index in [9.17, 15) is 4.79 Å². The summed E-state index contributed by atoms with van der Waals surface area (Å²) < 4.78 is 5.08. The van der Waals surface area contributed by atoms with Crippen molar-refractivity contribution < 1.29 is 9.53 Å². The van der Waals surface area contributed by atoms with Crippen molar-refractivity contribution in [3.63, 3.8) is 0 Å². The minimum Gasteiger partial charge on any atom is -0.466 e. The average molecular weight is 202 g/mol.